The summed E-state index contributed by atoms with van der Waals surface area (Å²) in [6.07, 6.45) is 3.88. The maximum atomic E-state index is 5.76. The molecule has 1 aliphatic carbocycles. The van der Waals surface area contributed by atoms with Crippen LogP contribution < -0.4 is 5.73 Å². The van der Waals surface area contributed by atoms with E-state index >= 15 is 0 Å². The van der Waals surface area contributed by atoms with Crippen LogP contribution in [0.15, 0.2) is 0 Å². The summed E-state index contributed by atoms with van der Waals surface area (Å²) in [5, 5.41) is 0. The highest BCUT2D eigenvalue weighted by atomic mass is 14.7. The first-order valence-corrected chi connectivity index (χ1v) is 4.90. The van der Waals surface area contributed by atoms with Gasteiger partial charge in [0.25, 0.3) is 0 Å². The third-order valence-corrected chi connectivity index (χ3v) is 3.14. The third kappa shape index (κ3) is 1.96. The first-order valence-electron chi connectivity index (χ1n) is 4.90. The molecule has 1 unspecified atom stereocenters. The summed E-state index contributed by atoms with van der Waals surface area (Å²) in [5.41, 5.74) is 5.76. The molecule has 2 N–H and O–H groups in total. The van der Waals surface area contributed by atoms with Gasteiger partial charge in [0.1, 0.15) is 0 Å². The van der Waals surface area contributed by atoms with Crippen LogP contribution in [0.5, 0.6) is 0 Å². The van der Waals surface area contributed by atoms with E-state index in [9.17, 15) is 0 Å². The number of hydrogen-bond acceptors (Lipinski definition) is 1. The minimum absolute atomic E-state index is 0.521. The van der Waals surface area contributed by atoms with Crippen LogP contribution in [0.3, 0.4) is 0 Å². The normalized spacial score (nSPS) is 33.5. The second kappa shape index (κ2) is 3.57. The lowest BCUT2D eigenvalue weighted by Gasteiger charge is -2.40. The van der Waals surface area contributed by atoms with E-state index < -0.39 is 0 Å². The van der Waals surface area contributed by atoms with Gasteiger partial charge in [-0.2, -0.15) is 0 Å². The second-order valence-electron chi connectivity index (χ2n) is 4.31. The molecule has 0 saturated heterocycles. The average molecular weight is 155 g/mol. The van der Waals surface area contributed by atoms with Gasteiger partial charge in [-0.15, -0.1) is 0 Å². The lowest BCUT2D eigenvalue weighted by atomic mass is 9.68. The summed E-state index contributed by atoms with van der Waals surface area (Å²) >= 11 is 0. The standard InChI is InChI=1S/C10H21N/c1-4-10(7(2)3)8-5-9(11)6-8/h7-10H,4-6,11H2,1-3H3/t8-,9-,10?. The van der Waals surface area contributed by atoms with Crippen LogP contribution in [-0.4, -0.2) is 6.04 Å². The quantitative estimate of drug-likeness (QED) is 0.665. The molecule has 0 spiro atoms. The largest absolute Gasteiger partial charge is 0.328 e. The fourth-order valence-corrected chi connectivity index (χ4v) is 2.41. The van der Waals surface area contributed by atoms with Crippen molar-refractivity contribution >= 4 is 0 Å². The van der Waals surface area contributed by atoms with E-state index in [2.05, 4.69) is 20.8 Å². The SMILES string of the molecule is CCC(C(C)C)[C@H]1C[C@H](N)C1. The van der Waals surface area contributed by atoms with Crippen molar-refractivity contribution in [3.05, 3.63) is 0 Å². The van der Waals surface area contributed by atoms with E-state index in [-0.39, 0.29) is 0 Å². The fourth-order valence-electron chi connectivity index (χ4n) is 2.41. The molecule has 1 saturated carbocycles. The molecule has 1 aliphatic rings. The highest BCUT2D eigenvalue weighted by molar-refractivity contribution is 4.87. The van der Waals surface area contributed by atoms with Crippen LogP contribution >= 0.6 is 0 Å². The molecule has 1 nitrogen and oxygen atoms in total. The first-order chi connectivity index (χ1) is 5.15. The Morgan fingerprint density at radius 3 is 2.18 bits per heavy atom. The van der Waals surface area contributed by atoms with E-state index in [0.29, 0.717) is 6.04 Å². The molecule has 1 fully saturated rings. The van der Waals surface area contributed by atoms with E-state index in [1.807, 2.05) is 0 Å². The van der Waals surface area contributed by atoms with Gasteiger partial charge in [0, 0.05) is 6.04 Å². The van der Waals surface area contributed by atoms with Gasteiger partial charge < -0.3 is 5.73 Å². The van der Waals surface area contributed by atoms with Gasteiger partial charge in [0.15, 0.2) is 0 Å². The van der Waals surface area contributed by atoms with Crippen molar-refractivity contribution in [2.24, 2.45) is 23.5 Å². The minimum Gasteiger partial charge on any atom is -0.328 e. The van der Waals surface area contributed by atoms with Crippen LogP contribution in [0.2, 0.25) is 0 Å². The highest BCUT2D eigenvalue weighted by Gasteiger charge is 2.32. The zero-order chi connectivity index (χ0) is 8.43. The van der Waals surface area contributed by atoms with Crippen LogP contribution in [-0.2, 0) is 0 Å². The van der Waals surface area contributed by atoms with E-state index in [1.54, 1.807) is 0 Å². The molecule has 0 bridgehead atoms. The fraction of sp³-hybridized carbons (Fsp3) is 1.00. The molecule has 0 aromatic rings. The summed E-state index contributed by atoms with van der Waals surface area (Å²) < 4.78 is 0. The van der Waals surface area contributed by atoms with Gasteiger partial charge in [-0.25, -0.2) is 0 Å². The number of hydrogen-bond donors (Lipinski definition) is 1. The predicted molar refractivity (Wildman–Crippen MR) is 49.3 cm³/mol. The van der Waals surface area contributed by atoms with Crippen molar-refractivity contribution in [1.82, 2.24) is 0 Å². The Balaban J connectivity index is 2.32. The Labute approximate surface area is 70.4 Å². The van der Waals surface area contributed by atoms with Crippen LogP contribution in [0.1, 0.15) is 40.0 Å². The molecule has 66 valence electrons. The van der Waals surface area contributed by atoms with Crippen LogP contribution in [0, 0.1) is 17.8 Å². The molecule has 1 heteroatoms. The smallest absolute Gasteiger partial charge is 0.00443 e. The van der Waals surface area contributed by atoms with Crippen molar-refractivity contribution in [3.8, 4) is 0 Å². The minimum atomic E-state index is 0.521. The topological polar surface area (TPSA) is 26.0 Å². The molecular weight excluding hydrogens is 134 g/mol. The first kappa shape index (κ1) is 9.05. The van der Waals surface area contributed by atoms with Gasteiger partial charge in [0.05, 0.1) is 0 Å². The molecule has 0 aliphatic heterocycles. The van der Waals surface area contributed by atoms with Crippen molar-refractivity contribution in [2.45, 2.75) is 46.1 Å². The highest BCUT2D eigenvalue weighted by Crippen LogP contribution is 2.38. The monoisotopic (exact) mass is 155 g/mol. The van der Waals surface area contributed by atoms with Crippen LogP contribution in [0.4, 0.5) is 0 Å². The molecule has 11 heavy (non-hydrogen) atoms. The average Bonchev–Trinajstić information content (AvgIpc) is 1.85. The maximum Gasteiger partial charge on any atom is 0.00443 e. The van der Waals surface area contributed by atoms with Crippen LogP contribution in [0.25, 0.3) is 0 Å². The Bertz CT molecular complexity index is 114. The summed E-state index contributed by atoms with van der Waals surface area (Å²) in [7, 11) is 0. The molecule has 1 atom stereocenters. The summed E-state index contributed by atoms with van der Waals surface area (Å²) in [6, 6.07) is 0.521. The summed E-state index contributed by atoms with van der Waals surface area (Å²) in [6.45, 7) is 6.96. The molecule has 0 radical (unpaired) electrons. The number of nitrogens with two attached hydrogens (primary N) is 1. The molecule has 0 heterocycles. The van der Waals surface area contributed by atoms with Gasteiger partial charge in [-0.1, -0.05) is 27.2 Å². The van der Waals surface area contributed by atoms with Gasteiger partial charge in [-0.05, 0) is 30.6 Å². The van der Waals surface area contributed by atoms with Crippen molar-refractivity contribution < 1.29 is 0 Å². The van der Waals surface area contributed by atoms with Crippen molar-refractivity contribution in [1.29, 1.82) is 0 Å². The Kier molecular flexibility index (Phi) is 2.94. The molecule has 1 rings (SSSR count). The zero-order valence-electron chi connectivity index (χ0n) is 8.01. The Morgan fingerprint density at radius 2 is 1.91 bits per heavy atom. The Morgan fingerprint density at radius 1 is 1.36 bits per heavy atom. The molecule has 0 aromatic carbocycles. The number of rotatable bonds is 3. The van der Waals surface area contributed by atoms with E-state index in [0.717, 1.165) is 17.8 Å². The second-order valence-corrected chi connectivity index (χ2v) is 4.31. The summed E-state index contributed by atoms with van der Waals surface area (Å²) in [4.78, 5) is 0. The van der Waals surface area contributed by atoms with Gasteiger partial charge >= 0.3 is 0 Å². The van der Waals surface area contributed by atoms with E-state index in [1.165, 1.54) is 19.3 Å². The zero-order valence-corrected chi connectivity index (χ0v) is 8.01. The molecule has 0 aromatic heterocycles. The molecule has 0 amide bonds. The maximum absolute atomic E-state index is 5.76. The Hall–Kier alpha value is -0.0400. The summed E-state index contributed by atoms with van der Waals surface area (Å²) in [5.74, 6) is 2.71. The lowest BCUT2D eigenvalue weighted by molar-refractivity contribution is 0.133. The van der Waals surface area contributed by atoms with Gasteiger partial charge in [-0.3, -0.25) is 0 Å². The lowest BCUT2D eigenvalue weighted by Crippen LogP contribution is -2.41. The van der Waals surface area contributed by atoms with Crippen molar-refractivity contribution in [2.75, 3.05) is 0 Å². The van der Waals surface area contributed by atoms with Crippen molar-refractivity contribution in [3.63, 3.8) is 0 Å². The van der Waals surface area contributed by atoms with E-state index in [4.69, 9.17) is 5.73 Å². The van der Waals surface area contributed by atoms with Gasteiger partial charge in [0.2, 0.25) is 0 Å². The third-order valence-electron chi connectivity index (χ3n) is 3.14. The predicted octanol–water partition coefficient (Wildman–Crippen LogP) is 2.41. The molecular formula is C10H21N.